The van der Waals surface area contributed by atoms with Crippen LogP contribution in [0, 0.1) is 13.8 Å². The van der Waals surface area contributed by atoms with E-state index in [1.165, 1.54) is 12.1 Å². The fourth-order valence-electron chi connectivity index (χ4n) is 1.89. The normalized spacial score (nSPS) is 11.4. The van der Waals surface area contributed by atoms with Crippen molar-refractivity contribution in [2.24, 2.45) is 5.73 Å². The summed E-state index contributed by atoms with van der Waals surface area (Å²) in [6.07, 6.45) is 0. The van der Waals surface area contributed by atoms with Crippen molar-refractivity contribution in [2.75, 3.05) is 4.72 Å². The lowest BCUT2D eigenvalue weighted by atomic mass is 10.1. The summed E-state index contributed by atoms with van der Waals surface area (Å²) in [5, 5.41) is 0.461. The van der Waals surface area contributed by atoms with E-state index in [-0.39, 0.29) is 11.4 Å². The van der Waals surface area contributed by atoms with Gasteiger partial charge in [-0.15, -0.1) is 0 Å². The Morgan fingerprint density at radius 3 is 2.43 bits per heavy atom. The van der Waals surface area contributed by atoms with Gasteiger partial charge >= 0.3 is 0 Å². The largest absolute Gasteiger partial charge is 0.326 e. The lowest BCUT2D eigenvalue weighted by Crippen LogP contribution is -2.14. The van der Waals surface area contributed by atoms with Gasteiger partial charge in [-0.2, -0.15) is 0 Å². The first-order chi connectivity index (χ1) is 9.83. The highest BCUT2D eigenvalue weighted by atomic mass is 35.5. The van der Waals surface area contributed by atoms with E-state index in [1.807, 2.05) is 19.9 Å². The van der Waals surface area contributed by atoms with Crippen molar-refractivity contribution < 1.29 is 8.42 Å². The fourth-order valence-corrected chi connectivity index (χ4v) is 3.19. The summed E-state index contributed by atoms with van der Waals surface area (Å²) in [5.41, 5.74) is 8.81. The molecule has 6 heteroatoms. The van der Waals surface area contributed by atoms with Gasteiger partial charge in [-0.25, -0.2) is 8.42 Å². The van der Waals surface area contributed by atoms with Crippen LogP contribution in [0.3, 0.4) is 0 Å². The molecule has 112 valence electrons. The highest BCUT2D eigenvalue weighted by molar-refractivity contribution is 7.92. The van der Waals surface area contributed by atoms with E-state index >= 15 is 0 Å². The average molecular weight is 325 g/mol. The number of hydrogen-bond donors (Lipinski definition) is 2. The van der Waals surface area contributed by atoms with E-state index in [0.717, 1.165) is 11.1 Å². The van der Waals surface area contributed by atoms with Gasteiger partial charge in [0.25, 0.3) is 10.0 Å². The maximum atomic E-state index is 12.4. The molecule has 21 heavy (non-hydrogen) atoms. The zero-order chi connectivity index (χ0) is 15.6. The monoisotopic (exact) mass is 324 g/mol. The second-order valence-electron chi connectivity index (χ2n) is 4.86. The van der Waals surface area contributed by atoms with E-state index in [4.69, 9.17) is 17.3 Å². The van der Waals surface area contributed by atoms with E-state index in [2.05, 4.69) is 4.72 Å². The Labute approximate surface area is 130 Å². The molecule has 0 saturated heterocycles. The molecule has 0 aliphatic carbocycles. The zero-order valence-electron chi connectivity index (χ0n) is 11.9. The van der Waals surface area contributed by atoms with Crippen LogP contribution >= 0.6 is 11.6 Å². The van der Waals surface area contributed by atoms with Crippen LogP contribution in [0.2, 0.25) is 5.02 Å². The van der Waals surface area contributed by atoms with Crippen LogP contribution in [-0.2, 0) is 16.6 Å². The van der Waals surface area contributed by atoms with Crippen LogP contribution in [0.25, 0.3) is 0 Å². The van der Waals surface area contributed by atoms with Gasteiger partial charge in [-0.3, -0.25) is 4.72 Å². The second-order valence-corrected chi connectivity index (χ2v) is 6.95. The zero-order valence-corrected chi connectivity index (χ0v) is 13.4. The Morgan fingerprint density at radius 2 is 1.81 bits per heavy atom. The third-order valence-corrected chi connectivity index (χ3v) is 5.05. The molecule has 0 amide bonds. The molecule has 0 aliphatic heterocycles. The number of benzene rings is 2. The Bertz CT molecular complexity index is 773. The SMILES string of the molecule is Cc1ccc(NS(=O)(=O)c2ccc(Cl)c(CN)c2)cc1C. The van der Waals surface area contributed by atoms with E-state index in [9.17, 15) is 8.42 Å². The standard InChI is InChI=1S/C15H17ClN2O2S/c1-10-3-4-13(7-11(10)2)18-21(19,20)14-5-6-15(16)12(8-14)9-17/h3-8,18H,9,17H2,1-2H3. The maximum Gasteiger partial charge on any atom is 0.261 e. The molecule has 0 unspecified atom stereocenters. The van der Waals surface area contributed by atoms with Crippen molar-refractivity contribution in [3.8, 4) is 0 Å². The molecule has 0 heterocycles. The minimum atomic E-state index is -3.66. The molecule has 0 radical (unpaired) electrons. The number of nitrogens with two attached hydrogens (primary N) is 1. The Kier molecular flexibility index (Phi) is 4.56. The fraction of sp³-hybridized carbons (Fsp3) is 0.200. The number of rotatable bonds is 4. The lowest BCUT2D eigenvalue weighted by molar-refractivity contribution is 0.601. The van der Waals surface area contributed by atoms with E-state index in [0.29, 0.717) is 16.3 Å². The summed E-state index contributed by atoms with van der Waals surface area (Å²) >= 11 is 5.95. The molecule has 0 bridgehead atoms. The van der Waals surface area contributed by atoms with Gasteiger partial charge in [0, 0.05) is 17.3 Å². The number of aryl methyl sites for hydroxylation is 2. The van der Waals surface area contributed by atoms with Gasteiger partial charge in [0.2, 0.25) is 0 Å². The molecule has 0 spiro atoms. The predicted octanol–water partition coefficient (Wildman–Crippen LogP) is 3.22. The summed E-state index contributed by atoms with van der Waals surface area (Å²) < 4.78 is 27.3. The van der Waals surface area contributed by atoms with Crippen molar-refractivity contribution in [2.45, 2.75) is 25.3 Å². The number of sulfonamides is 1. The third kappa shape index (κ3) is 3.56. The maximum absolute atomic E-state index is 12.4. The van der Waals surface area contributed by atoms with Crippen molar-refractivity contribution in [3.05, 3.63) is 58.1 Å². The van der Waals surface area contributed by atoms with E-state index < -0.39 is 10.0 Å². The first-order valence-corrected chi connectivity index (χ1v) is 8.28. The van der Waals surface area contributed by atoms with Crippen LogP contribution in [0.5, 0.6) is 0 Å². The highest BCUT2D eigenvalue weighted by Gasteiger charge is 2.16. The summed E-state index contributed by atoms with van der Waals surface area (Å²) in [5.74, 6) is 0. The molecule has 0 aliphatic rings. The van der Waals surface area contributed by atoms with E-state index in [1.54, 1.807) is 18.2 Å². The summed E-state index contributed by atoms with van der Waals surface area (Å²) in [6, 6.07) is 9.90. The van der Waals surface area contributed by atoms with Gasteiger partial charge in [0.15, 0.2) is 0 Å². The van der Waals surface area contributed by atoms with Gasteiger partial charge in [-0.05, 0) is 60.9 Å². The van der Waals surface area contributed by atoms with Gasteiger partial charge in [0.05, 0.1) is 4.90 Å². The van der Waals surface area contributed by atoms with Crippen LogP contribution < -0.4 is 10.5 Å². The number of halogens is 1. The minimum absolute atomic E-state index is 0.144. The Hall–Kier alpha value is -1.56. The first-order valence-electron chi connectivity index (χ1n) is 6.42. The highest BCUT2D eigenvalue weighted by Crippen LogP contribution is 2.23. The molecule has 0 saturated carbocycles. The molecule has 0 atom stereocenters. The van der Waals surface area contributed by atoms with Crippen LogP contribution in [-0.4, -0.2) is 8.42 Å². The first kappa shape index (κ1) is 15.8. The van der Waals surface area contributed by atoms with Crippen LogP contribution in [0.4, 0.5) is 5.69 Å². The topological polar surface area (TPSA) is 72.2 Å². The smallest absolute Gasteiger partial charge is 0.261 e. The quantitative estimate of drug-likeness (QED) is 0.907. The predicted molar refractivity (Wildman–Crippen MR) is 86.1 cm³/mol. The third-order valence-electron chi connectivity index (χ3n) is 3.31. The van der Waals surface area contributed by atoms with Gasteiger partial charge in [0.1, 0.15) is 0 Å². The molecule has 0 aromatic heterocycles. The molecular formula is C15H17ClN2O2S. The molecule has 2 aromatic rings. The minimum Gasteiger partial charge on any atom is -0.326 e. The van der Waals surface area contributed by atoms with Crippen molar-refractivity contribution in [3.63, 3.8) is 0 Å². The molecule has 0 fully saturated rings. The summed E-state index contributed by atoms with van der Waals surface area (Å²) in [4.78, 5) is 0.144. The summed E-state index contributed by atoms with van der Waals surface area (Å²) in [7, 11) is -3.66. The number of hydrogen-bond acceptors (Lipinski definition) is 3. The van der Waals surface area contributed by atoms with Gasteiger partial charge < -0.3 is 5.73 Å². The van der Waals surface area contributed by atoms with Crippen LogP contribution in [0.1, 0.15) is 16.7 Å². The van der Waals surface area contributed by atoms with Crippen molar-refractivity contribution in [1.82, 2.24) is 0 Å². The average Bonchev–Trinajstić information content (AvgIpc) is 2.43. The Morgan fingerprint density at radius 1 is 1.10 bits per heavy atom. The number of anilines is 1. The molecular weight excluding hydrogens is 308 g/mol. The van der Waals surface area contributed by atoms with Crippen molar-refractivity contribution in [1.29, 1.82) is 0 Å². The molecule has 3 N–H and O–H groups in total. The second kappa shape index (κ2) is 6.05. The summed E-state index contributed by atoms with van der Waals surface area (Å²) in [6.45, 7) is 4.09. The molecule has 2 rings (SSSR count). The van der Waals surface area contributed by atoms with Gasteiger partial charge in [-0.1, -0.05) is 17.7 Å². The lowest BCUT2D eigenvalue weighted by Gasteiger charge is -2.11. The van der Waals surface area contributed by atoms with Crippen molar-refractivity contribution >= 4 is 27.3 Å². The van der Waals surface area contributed by atoms with Crippen LogP contribution in [0.15, 0.2) is 41.3 Å². The molecule has 4 nitrogen and oxygen atoms in total. The molecule has 2 aromatic carbocycles. The Balaban J connectivity index is 2.35. The number of nitrogens with one attached hydrogen (secondary N) is 1.